The van der Waals surface area contributed by atoms with Crippen molar-refractivity contribution < 1.29 is 9.59 Å². The molecule has 0 atom stereocenters. The Hall–Kier alpha value is -3.52. The first-order valence-corrected chi connectivity index (χ1v) is 11.6. The van der Waals surface area contributed by atoms with Gasteiger partial charge < -0.3 is 4.98 Å². The maximum atomic E-state index is 13.0. The van der Waals surface area contributed by atoms with Gasteiger partial charge in [0.05, 0.1) is 17.1 Å². The molecule has 4 rings (SSSR count). The molecule has 0 spiro atoms. The first-order chi connectivity index (χ1) is 15.8. The molecule has 1 aromatic carbocycles. The number of aryl methyl sites for hydroxylation is 3. The highest BCUT2D eigenvalue weighted by molar-refractivity contribution is 7.99. The second-order valence-corrected chi connectivity index (χ2v) is 8.98. The van der Waals surface area contributed by atoms with Gasteiger partial charge in [0.1, 0.15) is 0 Å². The summed E-state index contributed by atoms with van der Waals surface area (Å²) in [4.78, 5) is 32.1. The van der Waals surface area contributed by atoms with Gasteiger partial charge in [0.15, 0.2) is 22.5 Å². The number of hydrogen-bond donors (Lipinski definition) is 1. The second kappa shape index (κ2) is 9.15. The molecule has 33 heavy (non-hydrogen) atoms. The van der Waals surface area contributed by atoms with E-state index in [0.717, 1.165) is 16.8 Å². The average molecular weight is 460 g/mol. The van der Waals surface area contributed by atoms with Crippen LogP contribution < -0.4 is 0 Å². The fourth-order valence-corrected chi connectivity index (χ4v) is 4.73. The van der Waals surface area contributed by atoms with E-state index in [1.165, 1.54) is 24.2 Å². The zero-order valence-electron chi connectivity index (χ0n) is 19.3. The topological polar surface area (TPSA) is 93.5 Å². The number of aromatic amines is 1. The van der Waals surface area contributed by atoms with Crippen LogP contribution in [-0.2, 0) is 0 Å². The van der Waals surface area contributed by atoms with Crippen molar-refractivity contribution in [3.05, 3.63) is 76.4 Å². The van der Waals surface area contributed by atoms with Crippen molar-refractivity contribution in [2.24, 2.45) is 0 Å². The van der Waals surface area contributed by atoms with Gasteiger partial charge in [-0.2, -0.15) is 0 Å². The number of H-pyrrole nitrogens is 1. The zero-order chi connectivity index (χ0) is 23.7. The molecule has 0 aliphatic heterocycles. The van der Waals surface area contributed by atoms with Gasteiger partial charge in [0, 0.05) is 29.2 Å². The minimum Gasteiger partial charge on any atom is -0.355 e. The summed E-state index contributed by atoms with van der Waals surface area (Å²) < 4.78 is 1.97. The fourth-order valence-electron chi connectivity index (χ4n) is 3.91. The minimum atomic E-state index is -0.0896. The molecule has 0 fully saturated rings. The van der Waals surface area contributed by atoms with Crippen LogP contribution in [0.15, 0.2) is 47.9 Å². The quantitative estimate of drug-likeness (QED) is 0.306. The van der Waals surface area contributed by atoms with E-state index >= 15 is 0 Å². The fraction of sp³-hybridized carbons (Fsp3) is 0.240. The lowest BCUT2D eigenvalue weighted by molar-refractivity contribution is 0.101. The lowest BCUT2D eigenvalue weighted by Crippen LogP contribution is -2.07. The molecule has 4 aromatic rings. The Bertz CT molecular complexity index is 1350. The molecule has 3 heterocycles. The molecule has 0 amide bonds. The van der Waals surface area contributed by atoms with E-state index in [1.54, 1.807) is 19.3 Å². The number of carbonyl (C=O) groups excluding carboxylic acids is 2. The SMILES string of the molecule is CC(=O)c1c(C)[nH]c(C(=O)CSc2nnc(-c3ccncc3)n2-c2ccc(C)c(C)c2)c1C. The normalized spacial score (nSPS) is 11.1. The van der Waals surface area contributed by atoms with Crippen LogP contribution in [0.2, 0.25) is 0 Å². The summed E-state index contributed by atoms with van der Waals surface area (Å²) in [6.45, 7) is 9.26. The molecule has 0 radical (unpaired) electrons. The van der Waals surface area contributed by atoms with E-state index in [2.05, 4.69) is 46.1 Å². The van der Waals surface area contributed by atoms with Gasteiger partial charge in [-0.05, 0) is 75.6 Å². The Balaban J connectivity index is 1.69. The molecule has 0 bridgehead atoms. The number of hydrogen-bond acceptors (Lipinski definition) is 6. The predicted octanol–water partition coefficient (Wildman–Crippen LogP) is 5.07. The standard InChI is InChI=1S/C25H25N5O2S/c1-14-6-7-20(12-15(14)2)30-24(19-8-10-26-11-9-19)28-29-25(30)33-13-21(32)23-16(3)22(18(5)31)17(4)27-23/h6-12,27H,13H2,1-5H3. The molecule has 0 saturated heterocycles. The number of aromatic nitrogens is 5. The van der Waals surface area contributed by atoms with E-state index in [9.17, 15) is 9.59 Å². The highest BCUT2D eigenvalue weighted by Gasteiger charge is 2.22. The van der Waals surface area contributed by atoms with Crippen LogP contribution >= 0.6 is 11.8 Å². The summed E-state index contributed by atoms with van der Waals surface area (Å²) in [5.74, 6) is 0.705. The number of benzene rings is 1. The number of thioether (sulfide) groups is 1. The first-order valence-electron chi connectivity index (χ1n) is 10.6. The summed E-state index contributed by atoms with van der Waals surface area (Å²) in [5, 5.41) is 9.44. The predicted molar refractivity (Wildman–Crippen MR) is 129 cm³/mol. The maximum Gasteiger partial charge on any atom is 0.196 e. The Labute approximate surface area is 196 Å². The van der Waals surface area contributed by atoms with Crippen LogP contribution in [0.5, 0.6) is 0 Å². The first kappa shape index (κ1) is 22.7. The minimum absolute atomic E-state index is 0.0515. The molecule has 1 N–H and O–H groups in total. The van der Waals surface area contributed by atoms with Crippen molar-refractivity contribution >= 4 is 23.3 Å². The summed E-state index contributed by atoms with van der Waals surface area (Å²) in [6.07, 6.45) is 3.43. The van der Waals surface area contributed by atoms with Crippen LogP contribution in [0.25, 0.3) is 17.1 Å². The van der Waals surface area contributed by atoms with Crippen molar-refractivity contribution in [1.82, 2.24) is 24.7 Å². The van der Waals surface area contributed by atoms with Crippen molar-refractivity contribution in [3.8, 4) is 17.1 Å². The molecule has 168 valence electrons. The summed E-state index contributed by atoms with van der Waals surface area (Å²) >= 11 is 1.32. The Morgan fingerprint density at radius 2 is 1.73 bits per heavy atom. The van der Waals surface area contributed by atoms with E-state index in [1.807, 2.05) is 29.7 Å². The van der Waals surface area contributed by atoms with Crippen LogP contribution in [-0.4, -0.2) is 42.1 Å². The van der Waals surface area contributed by atoms with Gasteiger partial charge in [-0.15, -0.1) is 10.2 Å². The molecule has 8 heteroatoms. The van der Waals surface area contributed by atoms with Crippen LogP contribution in [0.1, 0.15) is 50.2 Å². The molecule has 0 aliphatic carbocycles. The summed E-state index contributed by atoms with van der Waals surface area (Å²) in [7, 11) is 0. The number of ketones is 2. The summed E-state index contributed by atoms with van der Waals surface area (Å²) in [5.41, 5.74) is 6.62. The van der Waals surface area contributed by atoms with E-state index in [-0.39, 0.29) is 17.3 Å². The molecule has 7 nitrogen and oxygen atoms in total. The highest BCUT2D eigenvalue weighted by Crippen LogP contribution is 2.29. The van der Waals surface area contributed by atoms with Gasteiger partial charge in [-0.3, -0.25) is 19.1 Å². The van der Waals surface area contributed by atoms with Crippen LogP contribution in [0.4, 0.5) is 0 Å². The number of nitrogens with zero attached hydrogens (tertiary/aromatic N) is 4. The Morgan fingerprint density at radius 1 is 1.00 bits per heavy atom. The van der Waals surface area contributed by atoms with Crippen LogP contribution in [0.3, 0.4) is 0 Å². The lowest BCUT2D eigenvalue weighted by Gasteiger charge is -2.12. The number of carbonyl (C=O) groups is 2. The average Bonchev–Trinajstić information content (AvgIpc) is 3.35. The molecule has 0 unspecified atom stereocenters. The van der Waals surface area contributed by atoms with E-state index < -0.39 is 0 Å². The monoisotopic (exact) mass is 459 g/mol. The maximum absolute atomic E-state index is 13.0. The molecular weight excluding hydrogens is 434 g/mol. The van der Waals surface area contributed by atoms with Gasteiger partial charge in [0.2, 0.25) is 0 Å². The van der Waals surface area contributed by atoms with Crippen molar-refractivity contribution in [3.63, 3.8) is 0 Å². The van der Waals surface area contributed by atoms with Gasteiger partial charge in [-0.1, -0.05) is 17.8 Å². The number of pyridine rings is 1. The Kier molecular flexibility index (Phi) is 6.29. The molecular formula is C25H25N5O2S. The number of nitrogens with one attached hydrogen (secondary N) is 1. The smallest absolute Gasteiger partial charge is 0.196 e. The highest BCUT2D eigenvalue weighted by atomic mass is 32.2. The van der Waals surface area contributed by atoms with Gasteiger partial charge in [-0.25, -0.2) is 0 Å². The largest absolute Gasteiger partial charge is 0.355 e. The third-order valence-electron chi connectivity index (χ3n) is 5.72. The molecule has 0 aliphatic rings. The lowest BCUT2D eigenvalue weighted by atomic mass is 10.1. The Morgan fingerprint density at radius 3 is 2.36 bits per heavy atom. The summed E-state index contributed by atoms with van der Waals surface area (Å²) in [6, 6.07) is 9.95. The third kappa shape index (κ3) is 4.39. The third-order valence-corrected chi connectivity index (χ3v) is 6.65. The van der Waals surface area contributed by atoms with Crippen molar-refractivity contribution in [1.29, 1.82) is 0 Å². The van der Waals surface area contributed by atoms with Crippen molar-refractivity contribution in [2.75, 3.05) is 5.75 Å². The van der Waals surface area contributed by atoms with Gasteiger partial charge >= 0.3 is 0 Å². The second-order valence-electron chi connectivity index (χ2n) is 8.04. The van der Waals surface area contributed by atoms with Crippen LogP contribution in [0, 0.1) is 27.7 Å². The molecule has 0 saturated carbocycles. The number of Topliss-reactive ketones (excluding diaryl/α,β-unsaturated/α-hetero) is 2. The zero-order valence-corrected chi connectivity index (χ0v) is 20.1. The van der Waals surface area contributed by atoms with Gasteiger partial charge in [0.25, 0.3) is 0 Å². The van der Waals surface area contributed by atoms with Crippen molar-refractivity contribution in [2.45, 2.75) is 39.8 Å². The molecule has 3 aromatic heterocycles. The number of rotatable bonds is 7. The van der Waals surface area contributed by atoms with E-state index in [0.29, 0.717) is 33.5 Å². The van der Waals surface area contributed by atoms with E-state index in [4.69, 9.17) is 0 Å².